The fraction of sp³-hybridized carbons (Fsp3) is 0.917. The summed E-state index contributed by atoms with van der Waals surface area (Å²) in [4.78, 5) is 12.0. The van der Waals surface area contributed by atoms with E-state index in [1.807, 2.05) is 0 Å². The van der Waals surface area contributed by atoms with Crippen LogP contribution in [0.1, 0.15) is 52.4 Å². The second-order valence-electron chi connectivity index (χ2n) is 5.38. The Morgan fingerprint density at radius 2 is 1.69 bits per heavy atom. The zero-order valence-electron chi connectivity index (χ0n) is 8.81. The van der Waals surface area contributed by atoms with Crippen LogP contribution in [0.3, 0.4) is 0 Å². The van der Waals surface area contributed by atoms with Crippen molar-refractivity contribution in [3.05, 3.63) is 0 Å². The van der Waals surface area contributed by atoms with E-state index in [-0.39, 0.29) is 5.41 Å². The molecule has 0 aliphatic heterocycles. The van der Waals surface area contributed by atoms with Gasteiger partial charge in [0.2, 0.25) is 0 Å². The smallest absolute Gasteiger partial charge is 0.141 e. The highest BCUT2D eigenvalue weighted by atomic mass is 16.1. The molecular weight excluding hydrogens is 160 g/mol. The zero-order chi connectivity index (χ0) is 9.47. The highest BCUT2D eigenvalue weighted by Crippen LogP contribution is 2.49. The summed E-state index contributed by atoms with van der Waals surface area (Å²) in [5.74, 6) is 1.86. The van der Waals surface area contributed by atoms with Crippen molar-refractivity contribution in [3.63, 3.8) is 0 Å². The van der Waals surface area contributed by atoms with Gasteiger partial charge in [-0.15, -0.1) is 0 Å². The minimum atomic E-state index is 0.116. The van der Waals surface area contributed by atoms with Crippen LogP contribution in [0.4, 0.5) is 0 Å². The second-order valence-corrected chi connectivity index (χ2v) is 5.38. The Morgan fingerprint density at radius 1 is 1.15 bits per heavy atom. The lowest BCUT2D eigenvalue weighted by molar-refractivity contribution is -0.128. The Morgan fingerprint density at radius 3 is 2.15 bits per heavy atom. The molecule has 0 heterocycles. The lowest BCUT2D eigenvalue weighted by atomic mass is 9.77. The van der Waals surface area contributed by atoms with Crippen molar-refractivity contribution in [2.45, 2.75) is 52.4 Å². The van der Waals surface area contributed by atoms with Crippen LogP contribution >= 0.6 is 0 Å². The SMILES string of the molecule is CC1CCC(C(=O)C2(C)CC2)CC1. The standard InChI is InChI=1S/C12H20O/c1-9-3-5-10(6-4-9)11(13)12(2)7-8-12/h9-10H,3-8H2,1-2H3. The second kappa shape index (κ2) is 3.11. The summed E-state index contributed by atoms with van der Waals surface area (Å²) in [6.45, 7) is 4.45. The third kappa shape index (κ3) is 1.79. The van der Waals surface area contributed by atoms with Crippen LogP contribution in [-0.4, -0.2) is 5.78 Å². The number of rotatable bonds is 2. The molecule has 2 saturated carbocycles. The molecule has 0 spiro atoms. The van der Waals surface area contributed by atoms with Crippen molar-refractivity contribution in [1.82, 2.24) is 0 Å². The van der Waals surface area contributed by atoms with Gasteiger partial charge >= 0.3 is 0 Å². The van der Waals surface area contributed by atoms with Crippen molar-refractivity contribution < 1.29 is 4.79 Å². The molecule has 0 N–H and O–H groups in total. The first kappa shape index (κ1) is 9.23. The van der Waals surface area contributed by atoms with Crippen LogP contribution in [0, 0.1) is 17.3 Å². The predicted octanol–water partition coefficient (Wildman–Crippen LogP) is 3.18. The Kier molecular flexibility index (Phi) is 2.21. The number of hydrogen-bond acceptors (Lipinski definition) is 1. The van der Waals surface area contributed by atoms with Gasteiger partial charge in [0.25, 0.3) is 0 Å². The molecule has 1 nitrogen and oxygen atoms in total. The van der Waals surface area contributed by atoms with E-state index in [2.05, 4.69) is 13.8 Å². The molecule has 0 radical (unpaired) electrons. The van der Waals surface area contributed by atoms with E-state index < -0.39 is 0 Å². The number of carbonyl (C=O) groups excluding carboxylic acids is 1. The maximum absolute atomic E-state index is 12.0. The molecule has 0 aromatic heterocycles. The number of ketones is 1. The zero-order valence-corrected chi connectivity index (χ0v) is 8.81. The van der Waals surface area contributed by atoms with Gasteiger partial charge in [-0.25, -0.2) is 0 Å². The van der Waals surface area contributed by atoms with Gasteiger partial charge in [0.05, 0.1) is 0 Å². The molecule has 2 aliphatic rings. The van der Waals surface area contributed by atoms with Crippen LogP contribution in [-0.2, 0) is 4.79 Å². The van der Waals surface area contributed by atoms with E-state index in [4.69, 9.17) is 0 Å². The van der Waals surface area contributed by atoms with E-state index >= 15 is 0 Å². The van der Waals surface area contributed by atoms with Crippen molar-refractivity contribution in [3.8, 4) is 0 Å². The van der Waals surface area contributed by atoms with Gasteiger partial charge in [-0.3, -0.25) is 4.79 Å². The quantitative estimate of drug-likeness (QED) is 0.638. The summed E-state index contributed by atoms with van der Waals surface area (Å²) in [7, 11) is 0. The minimum absolute atomic E-state index is 0.116. The summed E-state index contributed by atoms with van der Waals surface area (Å²) in [6.07, 6.45) is 7.17. The fourth-order valence-corrected chi connectivity index (χ4v) is 2.45. The number of carbonyl (C=O) groups is 1. The lowest BCUT2D eigenvalue weighted by Gasteiger charge is -2.27. The van der Waals surface area contributed by atoms with Crippen LogP contribution in [0.15, 0.2) is 0 Å². The van der Waals surface area contributed by atoms with Crippen LogP contribution in [0.5, 0.6) is 0 Å². The average molecular weight is 180 g/mol. The molecule has 0 saturated heterocycles. The number of Topliss-reactive ketones (excluding diaryl/α,β-unsaturated/α-hetero) is 1. The molecule has 2 aliphatic carbocycles. The monoisotopic (exact) mass is 180 g/mol. The Labute approximate surface area is 80.9 Å². The Balaban J connectivity index is 1.91. The van der Waals surface area contributed by atoms with Gasteiger partial charge in [-0.1, -0.05) is 26.7 Å². The summed E-state index contributed by atoms with van der Waals surface area (Å²) in [5, 5.41) is 0. The lowest BCUT2D eigenvalue weighted by Crippen LogP contribution is -2.26. The molecule has 0 bridgehead atoms. The largest absolute Gasteiger partial charge is 0.299 e. The van der Waals surface area contributed by atoms with Gasteiger partial charge < -0.3 is 0 Å². The van der Waals surface area contributed by atoms with E-state index in [9.17, 15) is 4.79 Å². The van der Waals surface area contributed by atoms with Gasteiger partial charge in [-0.2, -0.15) is 0 Å². The van der Waals surface area contributed by atoms with Crippen molar-refractivity contribution in [2.75, 3.05) is 0 Å². The van der Waals surface area contributed by atoms with Gasteiger partial charge in [0.15, 0.2) is 0 Å². The maximum Gasteiger partial charge on any atom is 0.141 e. The first-order valence-electron chi connectivity index (χ1n) is 5.66. The summed E-state index contributed by atoms with van der Waals surface area (Å²) in [6, 6.07) is 0. The summed E-state index contributed by atoms with van der Waals surface area (Å²) < 4.78 is 0. The Bertz CT molecular complexity index is 207. The van der Waals surface area contributed by atoms with Crippen molar-refractivity contribution in [1.29, 1.82) is 0 Å². The average Bonchev–Trinajstić information content (AvgIpc) is 2.85. The molecule has 13 heavy (non-hydrogen) atoms. The third-order valence-electron chi connectivity index (χ3n) is 3.98. The summed E-state index contributed by atoms with van der Waals surface area (Å²) in [5.41, 5.74) is 0.116. The Hall–Kier alpha value is -0.330. The molecule has 0 unspecified atom stereocenters. The summed E-state index contributed by atoms with van der Waals surface area (Å²) >= 11 is 0. The molecule has 2 rings (SSSR count). The molecular formula is C12H20O. The highest BCUT2D eigenvalue weighted by Gasteiger charge is 2.47. The molecule has 1 heteroatoms. The number of hydrogen-bond donors (Lipinski definition) is 0. The topological polar surface area (TPSA) is 17.1 Å². The van der Waals surface area contributed by atoms with Gasteiger partial charge in [0.1, 0.15) is 5.78 Å². The van der Waals surface area contributed by atoms with E-state index in [0.29, 0.717) is 11.7 Å². The fourth-order valence-electron chi connectivity index (χ4n) is 2.45. The van der Waals surface area contributed by atoms with E-state index in [1.165, 1.54) is 12.8 Å². The van der Waals surface area contributed by atoms with Crippen molar-refractivity contribution >= 4 is 5.78 Å². The van der Waals surface area contributed by atoms with Gasteiger partial charge in [0, 0.05) is 11.3 Å². The van der Waals surface area contributed by atoms with Crippen molar-refractivity contribution in [2.24, 2.45) is 17.3 Å². The molecule has 0 aromatic rings. The van der Waals surface area contributed by atoms with Crippen LogP contribution < -0.4 is 0 Å². The molecule has 0 amide bonds. The molecule has 74 valence electrons. The third-order valence-corrected chi connectivity index (χ3v) is 3.98. The molecule has 2 fully saturated rings. The van der Waals surface area contributed by atoms with E-state index in [0.717, 1.165) is 31.6 Å². The first-order chi connectivity index (χ1) is 6.12. The highest BCUT2D eigenvalue weighted by molar-refractivity contribution is 5.89. The molecule has 0 aromatic carbocycles. The van der Waals surface area contributed by atoms with Crippen LogP contribution in [0.25, 0.3) is 0 Å². The normalized spacial score (nSPS) is 37.1. The minimum Gasteiger partial charge on any atom is -0.299 e. The molecule has 0 atom stereocenters. The first-order valence-corrected chi connectivity index (χ1v) is 5.66. The van der Waals surface area contributed by atoms with Crippen LogP contribution in [0.2, 0.25) is 0 Å². The van der Waals surface area contributed by atoms with E-state index in [1.54, 1.807) is 0 Å². The van der Waals surface area contributed by atoms with Gasteiger partial charge in [-0.05, 0) is 31.6 Å². The predicted molar refractivity (Wildman–Crippen MR) is 53.5 cm³/mol. The maximum atomic E-state index is 12.0.